The van der Waals surface area contributed by atoms with Gasteiger partial charge in [-0.05, 0) is 110 Å². The number of hydrogen-bond acceptors (Lipinski definition) is 4. The normalized spacial score (nSPS) is 27.6. The molecule has 10 rings (SSSR count). The zero-order chi connectivity index (χ0) is 44.6. The van der Waals surface area contributed by atoms with Crippen LogP contribution in [0.5, 0.6) is 0 Å². The first-order chi connectivity index (χ1) is 30.8. The van der Waals surface area contributed by atoms with Crippen molar-refractivity contribution in [3.63, 3.8) is 0 Å². The molecule has 4 heteroatoms. The quantitative estimate of drug-likeness (QED) is 0.162. The highest BCUT2D eigenvalue weighted by Crippen LogP contribution is 2.65. The molecule has 4 heterocycles. The van der Waals surface area contributed by atoms with Gasteiger partial charge in [-0.25, -0.2) is 0 Å². The number of aryl methyl sites for hydroxylation is 2. The molecule has 0 radical (unpaired) electrons. The van der Waals surface area contributed by atoms with Crippen LogP contribution in [0.15, 0.2) is 152 Å². The summed E-state index contributed by atoms with van der Waals surface area (Å²) in [4.78, 5) is 11.2. The molecule has 5 aromatic carbocycles. The minimum absolute atomic E-state index is 0.0326. The maximum absolute atomic E-state index is 2.89. The van der Waals surface area contributed by atoms with E-state index in [2.05, 4.69) is 234 Å². The zero-order valence-electron chi connectivity index (χ0n) is 40.1. The summed E-state index contributed by atoms with van der Waals surface area (Å²) in [6.07, 6.45) is 17.1. The summed E-state index contributed by atoms with van der Waals surface area (Å²) >= 11 is 0. The van der Waals surface area contributed by atoms with Gasteiger partial charge in [0, 0.05) is 34.4 Å². The first kappa shape index (κ1) is 42.7. The van der Waals surface area contributed by atoms with Crippen LogP contribution in [0.1, 0.15) is 133 Å². The lowest BCUT2D eigenvalue weighted by Crippen LogP contribution is -2.65. The highest BCUT2D eigenvalue weighted by atomic mass is 15.5. The Kier molecular flexibility index (Phi) is 10.7. The largest absolute Gasteiger partial charge is 0.351 e. The second-order valence-corrected chi connectivity index (χ2v) is 21.8. The van der Waals surface area contributed by atoms with Crippen LogP contribution in [-0.4, -0.2) is 39.6 Å². The third-order valence-corrected chi connectivity index (χ3v) is 16.8. The SMILES string of the molecule is Cc1cc(C2=CN3C(C(C)(C)C)N(c4ccccc4C)[C@@H](C)C3C2(C)C)ccc1N1C(c2ccccc2)N2C=CC(c3ccccc3)(c3ccccc3)C2(C2CCCCCCC2)[C@@H]1C. The molecule has 6 atom stereocenters. The standard InChI is InChI=1S/C60H72N4/c1-42-26-24-25-35-52(42)63-44(3)54-58(8,9)51(41-61(54)56(63)57(5,6)7)47-36-37-53(43(2)40-47)64-45(4)60(50-33-18-11-10-12-19-34-50)59(48-29-20-14-21-30-48,49-31-22-15-23-32-49)38-39-62(60)55(64)46-27-16-13-17-28-46/h13-17,20-32,35-41,44-45,50,54-56H,10-12,18-19,33-34H2,1-9H3/t44-,45-,54?,55?,56?,60?/m0/s1. The minimum Gasteiger partial charge on any atom is -0.351 e. The Morgan fingerprint density at radius 1 is 0.609 bits per heavy atom. The second kappa shape index (κ2) is 16.0. The van der Waals surface area contributed by atoms with Crippen LogP contribution in [-0.2, 0) is 5.41 Å². The van der Waals surface area contributed by atoms with E-state index < -0.39 is 0 Å². The summed E-state index contributed by atoms with van der Waals surface area (Å²) in [6.45, 7) is 22.0. The van der Waals surface area contributed by atoms with E-state index >= 15 is 0 Å². The number of hydrogen-bond donors (Lipinski definition) is 0. The fourth-order valence-electron chi connectivity index (χ4n) is 14.5. The second-order valence-electron chi connectivity index (χ2n) is 21.8. The highest BCUT2D eigenvalue weighted by Gasteiger charge is 2.70. The highest BCUT2D eigenvalue weighted by molar-refractivity contribution is 5.77. The molecule has 0 bridgehead atoms. The molecule has 64 heavy (non-hydrogen) atoms. The predicted molar refractivity (Wildman–Crippen MR) is 269 cm³/mol. The molecule has 1 aliphatic carbocycles. The van der Waals surface area contributed by atoms with E-state index in [1.807, 2.05) is 0 Å². The first-order valence-corrected chi connectivity index (χ1v) is 24.7. The molecule has 3 fully saturated rings. The van der Waals surface area contributed by atoms with E-state index in [0.29, 0.717) is 18.0 Å². The molecule has 0 amide bonds. The van der Waals surface area contributed by atoms with Crippen molar-refractivity contribution >= 4 is 16.9 Å². The fraction of sp³-hybridized carbons (Fsp3) is 0.433. The molecule has 4 unspecified atom stereocenters. The number of rotatable bonds is 7. The van der Waals surface area contributed by atoms with Gasteiger partial charge >= 0.3 is 0 Å². The van der Waals surface area contributed by atoms with E-state index in [9.17, 15) is 0 Å². The Bertz CT molecular complexity index is 2470. The van der Waals surface area contributed by atoms with Crippen LogP contribution in [0, 0.1) is 30.6 Å². The van der Waals surface area contributed by atoms with E-state index in [4.69, 9.17) is 0 Å². The predicted octanol–water partition coefficient (Wildman–Crippen LogP) is 14.5. The summed E-state index contributed by atoms with van der Waals surface area (Å²) in [5.74, 6) is 0.490. The lowest BCUT2D eigenvalue weighted by atomic mass is 9.54. The van der Waals surface area contributed by atoms with Gasteiger partial charge in [0.25, 0.3) is 0 Å². The molecule has 0 aromatic heterocycles. The molecule has 4 aliphatic heterocycles. The molecule has 0 N–H and O–H groups in total. The van der Waals surface area contributed by atoms with Crippen molar-refractivity contribution in [2.24, 2.45) is 16.7 Å². The van der Waals surface area contributed by atoms with Crippen molar-refractivity contribution < 1.29 is 0 Å². The van der Waals surface area contributed by atoms with Gasteiger partial charge in [-0.15, -0.1) is 0 Å². The van der Waals surface area contributed by atoms with Crippen molar-refractivity contribution in [2.75, 3.05) is 9.80 Å². The van der Waals surface area contributed by atoms with Gasteiger partial charge in [0.2, 0.25) is 0 Å². The summed E-state index contributed by atoms with van der Waals surface area (Å²) in [5, 5.41) is 0. The van der Waals surface area contributed by atoms with Gasteiger partial charge in [-0.3, -0.25) is 0 Å². The monoisotopic (exact) mass is 849 g/mol. The summed E-state index contributed by atoms with van der Waals surface area (Å²) in [7, 11) is 0. The van der Waals surface area contributed by atoms with Crippen molar-refractivity contribution in [1.82, 2.24) is 9.80 Å². The molecule has 332 valence electrons. The molecule has 0 spiro atoms. The Morgan fingerprint density at radius 2 is 1.17 bits per heavy atom. The molecule has 4 nitrogen and oxygen atoms in total. The maximum Gasteiger partial charge on any atom is 0.128 e. The number of anilines is 2. The van der Waals surface area contributed by atoms with Gasteiger partial charge in [0.15, 0.2) is 0 Å². The van der Waals surface area contributed by atoms with Gasteiger partial charge < -0.3 is 19.6 Å². The van der Waals surface area contributed by atoms with Gasteiger partial charge in [-0.2, -0.15) is 0 Å². The number of para-hydroxylation sites is 1. The minimum atomic E-state index is -0.355. The molecule has 2 saturated heterocycles. The number of benzene rings is 5. The Balaban J connectivity index is 1.13. The molecule has 5 aromatic rings. The molecule has 1 saturated carbocycles. The first-order valence-electron chi connectivity index (χ1n) is 24.7. The summed E-state index contributed by atoms with van der Waals surface area (Å²) < 4.78 is 0. The lowest BCUT2D eigenvalue weighted by molar-refractivity contribution is 0.0402. The zero-order valence-corrected chi connectivity index (χ0v) is 40.1. The third-order valence-electron chi connectivity index (χ3n) is 16.8. The number of nitrogens with zero attached hydrogens (tertiary/aromatic N) is 4. The van der Waals surface area contributed by atoms with E-state index in [1.165, 1.54) is 95.3 Å². The average Bonchev–Trinajstić information content (AvgIpc) is 3.95. The van der Waals surface area contributed by atoms with Gasteiger partial charge in [0.05, 0.1) is 23.0 Å². The molecular weight excluding hydrogens is 777 g/mol. The summed E-state index contributed by atoms with van der Waals surface area (Å²) in [5.41, 5.74) is 11.7. The molecule has 5 aliphatic rings. The van der Waals surface area contributed by atoms with Crippen LogP contribution >= 0.6 is 0 Å². The Morgan fingerprint density at radius 3 is 1.77 bits per heavy atom. The van der Waals surface area contributed by atoms with Crippen molar-refractivity contribution in [2.45, 2.75) is 149 Å². The van der Waals surface area contributed by atoms with Crippen LogP contribution in [0.25, 0.3) is 5.57 Å². The average molecular weight is 849 g/mol. The lowest BCUT2D eigenvalue weighted by Gasteiger charge is -2.55. The van der Waals surface area contributed by atoms with E-state index in [1.54, 1.807) is 0 Å². The maximum atomic E-state index is 2.89. The van der Waals surface area contributed by atoms with Crippen molar-refractivity contribution in [3.8, 4) is 0 Å². The van der Waals surface area contributed by atoms with Gasteiger partial charge in [0.1, 0.15) is 12.3 Å². The van der Waals surface area contributed by atoms with Crippen molar-refractivity contribution in [3.05, 3.63) is 185 Å². The topological polar surface area (TPSA) is 13.0 Å². The van der Waals surface area contributed by atoms with Crippen LogP contribution < -0.4 is 9.80 Å². The Labute approximate surface area is 385 Å². The Hall–Kier alpha value is -5.22. The third kappa shape index (κ3) is 6.28. The molecular formula is C60H72N4. The van der Waals surface area contributed by atoms with Crippen LogP contribution in [0.4, 0.5) is 11.4 Å². The van der Waals surface area contributed by atoms with Crippen LogP contribution in [0.3, 0.4) is 0 Å². The van der Waals surface area contributed by atoms with Crippen molar-refractivity contribution in [1.29, 1.82) is 0 Å². The summed E-state index contributed by atoms with van der Waals surface area (Å²) in [6, 6.07) is 52.0. The number of fused-ring (bicyclic) bond motifs is 2. The van der Waals surface area contributed by atoms with E-state index in [-0.39, 0.29) is 40.2 Å². The van der Waals surface area contributed by atoms with Crippen LogP contribution in [0.2, 0.25) is 0 Å². The fourth-order valence-corrected chi connectivity index (χ4v) is 14.5. The smallest absolute Gasteiger partial charge is 0.128 e. The van der Waals surface area contributed by atoms with E-state index in [0.717, 1.165) is 0 Å². The van der Waals surface area contributed by atoms with Gasteiger partial charge in [-0.1, -0.05) is 188 Å².